The van der Waals surface area contributed by atoms with E-state index < -0.39 is 0 Å². The molecule has 20 heavy (non-hydrogen) atoms. The van der Waals surface area contributed by atoms with E-state index in [1.807, 2.05) is 12.1 Å². The minimum absolute atomic E-state index is 0.851. The molecule has 0 atom stereocenters. The lowest BCUT2D eigenvalue weighted by atomic mass is 10.0. The van der Waals surface area contributed by atoms with E-state index >= 15 is 0 Å². The van der Waals surface area contributed by atoms with Crippen LogP contribution in [-0.4, -0.2) is 13.1 Å². The van der Waals surface area contributed by atoms with Crippen molar-refractivity contribution in [1.82, 2.24) is 5.32 Å². The number of nitrogens with one attached hydrogen (secondary N) is 1. The molecule has 1 aromatic rings. The van der Waals surface area contributed by atoms with Crippen molar-refractivity contribution in [1.29, 1.82) is 0 Å². The second kappa shape index (κ2) is 10.7. The maximum atomic E-state index is 5.68. The fourth-order valence-electron chi connectivity index (χ4n) is 2.38. The van der Waals surface area contributed by atoms with E-state index in [0.29, 0.717) is 0 Å². The number of anilines is 1. The molecular weight excluding hydrogens is 244 g/mol. The van der Waals surface area contributed by atoms with Gasteiger partial charge in [-0.05, 0) is 56.0 Å². The van der Waals surface area contributed by atoms with Crippen LogP contribution in [0.2, 0.25) is 0 Å². The van der Waals surface area contributed by atoms with Crippen LogP contribution in [-0.2, 0) is 6.42 Å². The van der Waals surface area contributed by atoms with Gasteiger partial charge in [0.25, 0.3) is 0 Å². The van der Waals surface area contributed by atoms with Gasteiger partial charge in [0.05, 0.1) is 0 Å². The van der Waals surface area contributed by atoms with Gasteiger partial charge in [-0.3, -0.25) is 0 Å². The van der Waals surface area contributed by atoms with E-state index in [0.717, 1.165) is 24.6 Å². The number of hydrogen-bond acceptors (Lipinski definition) is 2. The number of unbranched alkanes of at least 4 members (excludes halogenated alkanes) is 3. The molecule has 0 aromatic heterocycles. The molecular formula is C18H32N2. The molecule has 0 bridgehead atoms. The molecule has 0 aliphatic heterocycles. The first-order valence-corrected chi connectivity index (χ1v) is 8.23. The zero-order valence-electron chi connectivity index (χ0n) is 13.3. The van der Waals surface area contributed by atoms with Crippen LogP contribution in [0.4, 0.5) is 5.69 Å². The maximum absolute atomic E-state index is 5.68. The Labute approximate surface area is 125 Å². The first kappa shape index (κ1) is 17.0. The summed E-state index contributed by atoms with van der Waals surface area (Å²) in [5.41, 5.74) is 7.91. The standard InChI is InChI=1S/C18H32N2/c1-16(2)8-5-3-4-6-14-20-15-7-9-17-10-12-18(19)13-11-17/h10-13,16,20H,3-9,14-15,19H2,1-2H3. The molecule has 0 aliphatic rings. The number of nitrogen functional groups attached to an aromatic ring is 1. The highest BCUT2D eigenvalue weighted by molar-refractivity contribution is 5.39. The Balaban J connectivity index is 1.86. The summed E-state index contributed by atoms with van der Waals surface area (Å²) >= 11 is 0. The lowest BCUT2D eigenvalue weighted by Crippen LogP contribution is -2.17. The topological polar surface area (TPSA) is 38.0 Å². The average molecular weight is 276 g/mol. The van der Waals surface area contributed by atoms with E-state index in [1.165, 1.54) is 50.6 Å². The fourth-order valence-corrected chi connectivity index (χ4v) is 2.38. The van der Waals surface area contributed by atoms with Crippen molar-refractivity contribution in [3.8, 4) is 0 Å². The summed E-state index contributed by atoms with van der Waals surface area (Å²) in [7, 11) is 0. The molecule has 0 radical (unpaired) electrons. The maximum Gasteiger partial charge on any atom is 0.0314 e. The number of benzene rings is 1. The lowest BCUT2D eigenvalue weighted by molar-refractivity contribution is 0.511. The van der Waals surface area contributed by atoms with Gasteiger partial charge in [-0.15, -0.1) is 0 Å². The van der Waals surface area contributed by atoms with E-state index in [-0.39, 0.29) is 0 Å². The van der Waals surface area contributed by atoms with Crippen molar-refractivity contribution in [2.45, 2.75) is 58.8 Å². The molecule has 0 heterocycles. The molecule has 0 fully saturated rings. The minimum atomic E-state index is 0.851. The van der Waals surface area contributed by atoms with E-state index in [1.54, 1.807) is 0 Å². The normalized spacial score (nSPS) is 11.2. The molecule has 0 aliphatic carbocycles. The first-order chi connectivity index (χ1) is 9.68. The Hall–Kier alpha value is -1.02. The molecule has 1 rings (SSSR count). The van der Waals surface area contributed by atoms with E-state index in [2.05, 4.69) is 31.3 Å². The summed E-state index contributed by atoms with van der Waals surface area (Å²) in [5, 5.41) is 3.54. The molecule has 2 nitrogen and oxygen atoms in total. The highest BCUT2D eigenvalue weighted by Crippen LogP contribution is 2.09. The molecule has 0 spiro atoms. The van der Waals surface area contributed by atoms with Crippen LogP contribution in [0.25, 0.3) is 0 Å². The molecule has 0 saturated carbocycles. The molecule has 0 saturated heterocycles. The summed E-state index contributed by atoms with van der Waals surface area (Å²) < 4.78 is 0. The third-order valence-electron chi connectivity index (χ3n) is 3.68. The summed E-state index contributed by atoms with van der Waals surface area (Å²) in [6.45, 7) is 6.91. The van der Waals surface area contributed by atoms with Crippen molar-refractivity contribution in [2.24, 2.45) is 5.92 Å². The Morgan fingerprint density at radius 2 is 1.55 bits per heavy atom. The Bertz CT molecular complexity index is 330. The molecule has 1 aromatic carbocycles. The van der Waals surface area contributed by atoms with Gasteiger partial charge < -0.3 is 11.1 Å². The summed E-state index contributed by atoms with van der Waals surface area (Å²) in [5.74, 6) is 0.862. The number of hydrogen-bond donors (Lipinski definition) is 2. The van der Waals surface area contributed by atoms with Crippen LogP contribution in [0.5, 0.6) is 0 Å². The predicted molar refractivity (Wildman–Crippen MR) is 90.0 cm³/mol. The minimum Gasteiger partial charge on any atom is -0.399 e. The SMILES string of the molecule is CC(C)CCCCCCNCCCc1ccc(N)cc1. The fraction of sp³-hybridized carbons (Fsp3) is 0.667. The quantitative estimate of drug-likeness (QED) is 0.464. The van der Waals surface area contributed by atoms with Gasteiger partial charge in [-0.25, -0.2) is 0 Å². The van der Waals surface area contributed by atoms with Crippen molar-refractivity contribution in [3.05, 3.63) is 29.8 Å². The zero-order valence-corrected chi connectivity index (χ0v) is 13.3. The Morgan fingerprint density at radius 1 is 0.900 bits per heavy atom. The van der Waals surface area contributed by atoms with Gasteiger partial charge in [0.2, 0.25) is 0 Å². The van der Waals surface area contributed by atoms with Crippen molar-refractivity contribution in [2.75, 3.05) is 18.8 Å². The monoisotopic (exact) mass is 276 g/mol. The smallest absolute Gasteiger partial charge is 0.0314 e. The number of rotatable bonds is 11. The predicted octanol–water partition coefficient (Wildman–Crippen LogP) is 4.40. The summed E-state index contributed by atoms with van der Waals surface area (Å²) in [6.07, 6.45) is 9.21. The zero-order chi connectivity index (χ0) is 14.6. The third kappa shape index (κ3) is 8.98. The lowest BCUT2D eigenvalue weighted by Gasteiger charge is -2.06. The van der Waals surface area contributed by atoms with Crippen molar-refractivity contribution >= 4 is 5.69 Å². The van der Waals surface area contributed by atoms with Crippen LogP contribution in [0.15, 0.2) is 24.3 Å². The van der Waals surface area contributed by atoms with E-state index in [9.17, 15) is 0 Å². The average Bonchev–Trinajstić information content (AvgIpc) is 2.42. The highest BCUT2D eigenvalue weighted by Gasteiger charge is 1.95. The summed E-state index contributed by atoms with van der Waals surface area (Å²) in [4.78, 5) is 0. The molecule has 114 valence electrons. The Kier molecular flexibility index (Phi) is 9.14. The number of aryl methyl sites for hydroxylation is 1. The molecule has 0 unspecified atom stereocenters. The molecule has 2 heteroatoms. The largest absolute Gasteiger partial charge is 0.399 e. The van der Waals surface area contributed by atoms with Gasteiger partial charge >= 0.3 is 0 Å². The van der Waals surface area contributed by atoms with Gasteiger partial charge in [0.1, 0.15) is 0 Å². The van der Waals surface area contributed by atoms with Crippen LogP contribution >= 0.6 is 0 Å². The van der Waals surface area contributed by atoms with Crippen LogP contribution in [0.1, 0.15) is 57.9 Å². The second-order valence-electron chi connectivity index (χ2n) is 6.19. The van der Waals surface area contributed by atoms with Crippen LogP contribution in [0, 0.1) is 5.92 Å². The summed E-state index contributed by atoms with van der Waals surface area (Å²) in [6, 6.07) is 8.23. The van der Waals surface area contributed by atoms with Gasteiger partial charge in [0.15, 0.2) is 0 Å². The Morgan fingerprint density at radius 3 is 2.25 bits per heavy atom. The van der Waals surface area contributed by atoms with Crippen molar-refractivity contribution < 1.29 is 0 Å². The third-order valence-corrected chi connectivity index (χ3v) is 3.68. The molecule has 0 amide bonds. The van der Waals surface area contributed by atoms with Gasteiger partial charge in [0, 0.05) is 5.69 Å². The van der Waals surface area contributed by atoms with E-state index in [4.69, 9.17) is 5.73 Å². The van der Waals surface area contributed by atoms with Crippen LogP contribution in [0.3, 0.4) is 0 Å². The van der Waals surface area contributed by atoms with Gasteiger partial charge in [-0.1, -0.05) is 51.7 Å². The van der Waals surface area contributed by atoms with Crippen LogP contribution < -0.4 is 11.1 Å². The second-order valence-corrected chi connectivity index (χ2v) is 6.19. The first-order valence-electron chi connectivity index (χ1n) is 8.23. The highest BCUT2D eigenvalue weighted by atomic mass is 14.8. The van der Waals surface area contributed by atoms with Gasteiger partial charge in [-0.2, -0.15) is 0 Å². The van der Waals surface area contributed by atoms with Crippen molar-refractivity contribution in [3.63, 3.8) is 0 Å². The molecule has 3 N–H and O–H groups in total. The number of nitrogens with two attached hydrogens (primary N) is 1.